The van der Waals surface area contributed by atoms with Crippen molar-refractivity contribution in [2.45, 2.75) is 13.0 Å². The summed E-state index contributed by atoms with van der Waals surface area (Å²) in [5.41, 5.74) is -0.588. The molecule has 1 amide bonds. The van der Waals surface area contributed by atoms with Crippen molar-refractivity contribution in [3.63, 3.8) is 0 Å². The molecule has 1 aromatic heterocycles. The van der Waals surface area contributed by atoms with Crippen molar-refractivity contribution in [1.82, 2.24) is 9.55 Å². The monoisotopic (exact) mass is 327 g/mol. The molecule has 1 heterocycles. The molecule has 1 atom stereocenters. The molecule has 0 saturated heterocycles. The Morgan fingerprint density at radius 1 is 1.17 bits per heavy atom. The van der Waals surface area contributed by atoms with Gasteiger partial charge in [0.05, 0.1) is 10.9 Å². The summed E-state index contributed by atoms with van der Waals surface area (Å²) in [7, 11) is 0. The summed E-state index contributed by atoms with van der Waals surface area (Å²) >= 11 is 0. The number of hydrogen-bond acceptors (Lipinski definition) is 3. The minimum atomic E-state index is -1.06. The van der Waals surface area contributed by atoms with Gasteiger partial charge in [0.15, 0.2) is 0 Å². The predicted molar refractivity (Wildman–Crippen MR) is 88.6 cm³/mol. The zero-order chi connectivity index (χ0) is 17.3. The highest BCUT2D eigenvalue weighted by atomic mass is 19.1. The number of carbonyl (C=O) groups excluding carboxylic acids is 1. The number of aromatic amines is 1. The van der Waals surface area contributed by atoms with Crippen molar-refractivity contribution < 1.29 is 9.18 Å². The number of para-hydroxylation sites is 1. The molecule has 122 valence electrons. The topological polar surface area (TPSA) is 84.0 Å². The van der Waals surface area contributed by atoms with Crippen LogP contribution in [0.2, 0.25) is 0 Å². The predicted octanol–water partition coefficient (Wildman–Crippen LogP) is 2.03. The Morgan fingerprint density at radius 2 is 1.92 bits per heavy atom. The van der Waals surface area contributed by atoms with E-state index in [0.29, 0.717) is 10.9 Å². The van der Waals surface area contributed by atoms with Gasteiger partial charge in [-0.3, -0.25) is 9.59 Å². The molecule has 0 aliphatic heterocycles. The SMILES string of the molecule is C[C@@H](C(=O)Nc1cccc(F)c1)n1c(=O)[nH]c2ccccc2c1=O. The van der Waals surface area contributed by atoms with Gasteiger partial charge in [-0.2, -0.15) is 0 Å². The number of rotatable bonds is 3. The number of amides is 1. The summed E-state index contributed by atoms with van der Waals surface area (Å²) in [5, 5.41) is 2.80. The maximum atomic E-state index is 13.2. The zero-order valence-corrected chi connectivity index (χ0v) is 12.7. The molecule has 0 saturated carbocycles. The lowest BCUT2D eigenvalue weighted by molar-refractivity contribution is -0.119. The summed E-state index contributed by atoms with van der Waals surface area (Å²) in [4.78, 5) is 39.6. The molecule has 0 fully saturated rings. The summed E-state index contributed by atoms with van der Waals surface area (Å²) in [5.74, 6) is -1.09. The largest absolute Gasteiger partial charge is 0.329 e. The van der Waals surface area contributed by atoms with Crippen LogP contribution in [-0.2, 0) is 4.79 Å². The Morgan fingerprint density at radius 3 is 2.67 bits per heavy atom. The van der Waals surface area contributed by atoms with Gasteiger partial charge in [0.1, 0.15) is 11.9 Å². The van der Waals surface area contributed by atoms with Crippen LogP contribution in [0, 0.1) is 5.82 Å². The van der Waals surface area contributed by atoms with Gasteiger partial charge < -0.3 is 10.3 Å². The first-order valence-corrected chi connectivity index (χ1v) is 7.27. The van der Waals surface area contributed by atoms with Gasteiger partial charge in [-0.05, 0) is 37.3 Å². The Hall–Kier alpha value is -3.22. The number of aromatic nitrogens is 2. The van der Waals surface area contributed by atoms with Crippen LogP contribution in [0.3, 0.4) is 0 Å². The molecule has 0 spiro atoms. The molecule has 0 unspecified atom stereocenters. The number of benzene rings is 2. The number of nitrogens with one attached hydrogen (secondary N) is 2. The van der Waals surface area contributed by atoms with Gasteiger partial charge in [0.25, 0.3) is 5.56 Å². The van der Waals surface area contributed by atoms with E-state index in [2.05, 4.69) is 10.3 Å². The average molecular weight is 327 g/mol. The Balaban J connectivity index is 1.99. The van der Waals surface area contributed by atoms with E-state index < -0.39 is 29.0 Å². The maximum Gasteiger partial charge on any atom is 0.329 e. The van der Waals surface area contributed by atoms with Crippen LogP contribution in [0.25, 0.3) is 10.9 Å². The van der Waals surface area contributed by atoms with E-state index >= 15 is 0 Å². The summed E-state index contributed by atoms with van der Waals surface area (Å²) in [6.07, 6.45) is 0. The Bertz CT molecular complexity index is 1040. The third-order valence-corrected chi connectivity index (χ3v) is 3.70. The number of nitrogens with zero attached hydrogens (tertiary/aromatic N) is 1. The van der Waals surface area contributed by atoms with Crippen LogP contribution in [0.4, 0.5) is 10.1 Å². The van der Waals surface area contributed by atoms with E-state index in [1.54, 1.807) is 24.3 Å². The highest BCUT2D eigenvalue weighted by molar-refractivity contribution is 5.93. The molecular formula is C17H14FN3O3. The highest BCUT2D eigenvalue weighted by Crippen LogP contribution is 2.12. The van der Waals surface area contributed by atoms with Gasteiger partial charge in [0.2, 0.25) is 5.91 Å². The smallest absolute Gasteiger partial charge is 0.324 e. The van der Waals surface area contributed by atoms with Crippen molar-refractivity contribution in [2.24, 2.45) is 0 Å². The zero-order valence-electron chi connectivity index (χ0n) is 12.7. The van der Waals surface area contributed by atoms with E-state index in [1.807, 2.05) is 0 Å². The second-order valence-electron chi connectivity index (χ2n) is 5.33. The van der Waals surface area contributed by atoms with Gasteiger partial charge in [-0.1, -0.05) is 18.2 Å². The number of carbonyl (C=O) groups is 1. The molecule has 24 heavy (non-hydrogen) atoms. The number of fused-ring (bicyclic) bond motifs is 1. The summed E-state index contributed by atoms with van der Waals surface area (Å²) in [6, 6.07) is 10.9. The molecule has 2 aromatic carbocycles. The minimum absolute atomic E-state index is 0.247. The molecule has 7 heteroatoms. The van der Waals surface area contributed by atoms with E-state index in [9.17, 15) is 18.8 Å². The fourth-order valence-corrected chi connectivity index (χ4v) is 2.46. The molecule has 3 aromatic rings. The van der Waals surface area contributed by atoms with Crippen molar-refractivity contribution >= 4 is 22.5 Å². The molecule has 2 N–H and O–H groups in total. The highest BCUT2D eigenvalue weighted by Gasteiger charge is 2.20. The summed E-state index contributed by atoms with van der Waals surface area (Å²) < 4.78 is 14.0. The van der Waals surface area contributed by atoms with Crippen molar-refractivity contribution in [1.29, 1.82) is 0 Å². The van der Waals surface area contributed by atoms with Crippen molar-refractivity contribution in [3.05, 3.63) is 75.2 Å². The van der Waals surface area contributed by atoms with Gasteiger partial charge in [-0.25, -0.2) is 13.8 Å². The quantitative estimate of drug-likeness (QED) is 0.772. The molecule has 3 rings (SSSR count). The average Bonchev–Trinajstić information content (AvgIpc) is 2.54. The second-order valence-corrected chi connectivity index (χ2v) is 5.33. The second kappa shape index (κ2) is 6.11. The van der Waals surface area contributed by atoms with E-state index in [0.717, 1.165) is 10.6 Å². The first kappa shape index (κ1) is 15.7. The number of halogens is 1. The van der Waals surface area contributed by atoms with Crippen molar-refractivity contribution in [3.8, 4) is 0 Å². The van der Waals surface area contributed by atoms with Gasteiger partial charge in [-0.15, -0.1) is 0 Å². The lowest BCUT2D eigenvalue weighted by Crippen LogP contribution is -2.41. The van der Waals surface area contributed by atoms with Crippen LogP contribution < -0.4 is 16.6 Å². The van der Waals surface area contributed by atoms with Crippen LogP contribution in [0.5, 0.6) is 0 Å². The van der Waals surface area contributed by atoms with Gasteiger partial charge in [0, 0.05) is 5.69 Å². The van der Waals surface area contributed by atoms with Crippen LogP contribution >= 0.6 is 0 Å². The Kier molecular flexibility index (Phi) is 3.99. The fourth-order valence-electron chi connectivity index (χ4n) is 2.46. The molecule has 0 bridgehead atoms. The normalized spacial score (nSPS) is 12.1. The molecule has 0 aliphatic carbocycles. The van der Waals surface area contributed by atoms with Crippen LogP contribution in [-0.4, -0.2) is 15.5 Å². The minimum Gasteiger partial charge on any atom is -0.324 e. The number of H-pyrrole nitrogens is 1. The van der Waals surface area contributed by atoms with Crippen LogP contribution in [0.15, 0.2) is 58.1 Å². The van der Waals surface area contributed by atoms with Gasteiger partial charge >= 0.3 is 5.69 Å². The third-order valence-electron chi connectivity index (χ3n) is 3.70. The first-order chi connectivity index (χ1) is 11.5. The Labute approximate surface area is 135 Å². The molecular weight excluding hydrogens is 313 g/mol. The maximum absolute atomic E-state index is 13.2. The molecule has 0 aliphatic rings. The fraction of sp³-hybridized carbons (Fsp3) is 0.118. The summed E-state index contributed by atoms with van der Waals surface area (Å²) in [6.45, 7) is 1.43. The third kappa shape index (κ3) is 2.83. The first-order valence-electron chi connectivity index (χ1n) is 7.27. The van der Waals surface area contributed by atoms with Crippen molar-refractivity contribution in [2.75, 3.05) is 5.32 Å². The van der Waals surface area contributed by atoms with E-state index in [1.165, 1.54) is 25.1 Å². The molecule has 0 radical (unpaired) electrons. The lowest BCUT2D eigenvalue weighted by atomic mass is 10.2. The standard InChI is InChI=1S/C17H14FN3O3/c1-10(15(22)19-12-6-4-5-11(18)9-12)21-16(23)13-7-2-3-8-14(13)20-17(21)24/h2-10H,1H3,(H,19,22)(H,20,24)/t10-/m0/s1. The van der Waals surface area contributed by atoms with Crippen LogP contribution in [0.1, 0.15) is 13.0 Å². The van der Waals surface area contributed by atoms with E-state index in [4.69, 9.17) is 0 Å². The number of anilines is 1. The lowest BCUT2D eigenvalue weighted by Gasteiger charge is -2.15. The molecule has 6 nitrogen and oxygen atoms in total. The van der Waals surface area contributed by atoms with E-state index in [-0.39, 0.29) is 5.69 Å². The number of hydrogen-bond donors (Lipinski definition) is 2.